The van der Waals surface area contributed by atoms with Crippen molar-refractivity contribution >= 4 is 16.7 Å². The topological polar surface area (TPSA) is 63.4 Å². The highest BCUT2D eigenvalue weighted by Gasteiger charge is 2.34. The molecule has 1 saturated heterocycles. The van der Waals surface area contributed by atoms with Gasteiger partial charge in [-0.3, -0.25) is 4.68 Å². The fraction of sp³-hybridized carbons (Fsp3) is 0.294. The number of halogens is 1. The van der Waals surface area contributed by atoms with E-state index in [0.29, 0.717) is 30.2 Å². The lowest BCUT2D eigenvalue weighted by molar-refractivity contribution is 0.0737. The zero-order valence-electron chi connectivity index (χ0n) is 13.1. The van der Waals surface area contributed by atoms with Crippen molar-refractivity contribution in [2.24, 2.45) is 7.05 Å². The zero-order valence-corrected chi connectivity index (χ0v) is 13.1. The third-order valence-corrected chi connectivity index (χ3v) is 4.17. The van der Waals surface area contributed by atoms with Crippen LogP contribution in [-0.4, -0.2) is 45.2 Å². The Bertz CT molecular complexity index is 882. The zero-order chi connectivity index (χ0) is 16.7. The average Bonchev–Trinajstić information content (AvgIpc) is 3.13. The number of fused-ring (bicyclic) bond motifs is 1. The van der Waals surface area contributed by atoms with Crippen LogP contribution in [-0.2, 0) is 7.05 Å². The molecule has 3 aromatic rings. The first-order valence-electron chi connectivity index (χ1n) is 7.73. The molecule has 24 heavy (non-hydrogen) atoms. The number of anilines is 1. The summed E-state index contributed by atoms with van der Waals surface area (Å²) in [5.41, 5.74) is 0.596. The van der Waals surface area contributed by atoms with Gasteiger partial charge in [0.25, 0.3) is 0 Å². The van der Waals surface area contributed by atoms with Crippen LogP contribution in [0.5, 0.6) is 5.75 Å². The number of benzene rings is 1. The standard InChI is InChI=1S/C17H17FN4O2/c1-21-8-13(7-19-21)24-16-10-22(9-15(16)23)17-5-3-11-2-4-12(18)6-14(11)20-17/h2-8,15-16,23H,9-10H2,1H3/t15-,16-/m1/s1. The molecule has 1 fully saturated rings. The summed E-state index contributed by atoms with van der Waals surface area (Å²) in [5.74, 6) is 1.01. The Hall–Kier alpha value is -2.67. The number of pyridine rings is 1. The van der Waals surface area contributed by atoms with Crippen molar-refractivity contribution in [3.05, 3.63) is 48.5 Å². The van der Waals surface area contributed by atoms with E-state index in [0.717, 1.165) is 5.39 Å². The summed E-state index contributed by atoms with van der Waals surface area (Å²) in [6, 6.07) is 8.31. The van der Waals surface area contributed by atoms with Crippen LogP contribution < -0.4 is 9.64 Å². The van der Waals surface area contributed by atoms with E-state index < -0.39 is 6.10 Å². The Kier molecular flexibility index (Phi) is 3.57. The molecule has 0 unspecified atom stereocenters. The maximum absolute atomic E-state index is 13.4. The van der Waals surface area contributed by atoms with E-state index >= 15 is 0 Å². The third kappa shape index (κ3) is 2.78. The fourth-order valence-corrected chi connectivity index (χ4v) is 2.95. The second-order valence-corrected chi connectivity index (χ2v) is 5.98. The Morgan fingerprint density at radius 2 is 2.08 bits per heavy atom. The summed E-state index contributed by atoms with van der Waals surface area (Å²) in [5, 5.41) is 15.2. The Labute approximate surface area is 138 Å². The molecule has 6 nitrogen and oxygen atoms in total. The van der Waals surface area contributed by atoms with Crippen LogP contribution in [0.25, 0.3) is 10.9 Å². The quantitative estimate of drug-likeness (QED) is 0.793. The van der Waals surface area contributed by atoms with Gasteiger partial charge >= 0.3 is 0 Å². The average molecular weight is 328 g/mol. The van der Waals surface area contributed by atoms with E-state index in [1.54, 1.807) is 23.1 Å². The number of hydrogen-bond donors (Lipinski definition) is 1. The highest BCUT2D eigenvalue weighted by atomic mass is 19.1. The van der Waals surface area contributed by atoms with Gasteiger partial charge in [-0.1, -0.05) is 0 Å². The van der Waals surface area contributed by atoms with Crippen molar-refractivity contribution < 1.29 is 14.2 Å². The van der Waals surface area contributed by atoms with E-state index in [4.69, 9.17) is 4.74 Å². The summed E-state index contributed by atoms with van der Waals surface area (Å²) in [7, 11) is 1.81. The van der Waals surface area contributed by atoms with Crippen molar-refractivity contribution in [2.45, 2.75) is 12.2 Å². The maximum atomic E-state index is 13.4. The van der Waals surface area contributed by atoms with Crippen LogP contribution in [0.2, 0.25) is 0 Å². The predicted octanol–water partition coefficient (Wildman–Crippen LogP) is 1.74. The van der Waals surface area contributed by atoms with Crippen LogP contribution in [0.4, 0.5) is 10.2 Å². The molecule has 0 spiro atoms. The summed E-state index contributed by atoms with van der Waals surface area (Å²) in [6.45, 7) is 0.919. The lowest BCUT2D eigenvalue weighted by atomic mass is 10.2. The largest absolute Gasteiger partial charge is 0.482 e. The number of rotatable bonds is 3. The number of aliphatic hydroxyl groups is 1. The summed E-state index contributed by atoms with van der Waals surface area (Å²) >= 11 is 0. The molecule has 1 aliphatic heterocycles. The number of ether oxygens (including phenoxy) is 1. The molecule has 2 aromatic heterocycles. The summed E-state index contributed by atoms with van der Waals surface area (Å²) < 4.78 is 20.8. The molecular formula is C17H17FN4O2. The van der Waals surface area contributed by atoms with Crippen molar-refractivity contribution in [3.8, 4) is 5.75 Å². The minimum atomic E-state index is -0.629. The molecule has 1 aliphatic rings. The second kappa shape index (κ2) is 5.76. The molecule has 7 heteroatoms. The minimum absolute atomic E-state index is 0.314. The molecule has 1 aromatic carbocycles. The van der Waals surface area contributed by atoms with Gasteiger partial charge in [-0.15, -0.1) is 0 Å². The van der Waals surface area contributed by atoms with Crippen LogP contribution in [0.15, 0.2) is 42.7 Å². The van der Waals surface area contributed by atoms with E-state index in [1.807, 2.05) is 24.1 Å². The molecule has 0 amide bonds. The number of nitrogens with zero attached hydrogens (tertiary/aromatic N) is 4. The van der Waals surface area contributed by atoms with Gasteiger partial charge in [0.2, 0.25) is 0 Å². The van der Waals surface area contributed by atoms with Gasteiger partial charge in [-0.2, -0.15) is 5.10 Å². The Morgan fingerprint density at radius 1 is 1.25 bits per heavy atom. The van der Waals surface area contributed by atoms with Gasteiger partial charge in [0, 0.05) is 25.0 Å². The predicted molar refractivity (Wildman–Crippen MR) is 87.5 cm³/mol. The van der Waals surface area contributed by atoms with Crippen LogP contribution in [0, 0.1) is 5.82 Å². The summed E-state index contributed by atoms with van der Waals surface area (Å²) in [6.07, 6.45) is 2.38. The highest BCUT2D eigenvalue weighted by Crippen LogP contribution is 2.24. The maximum Gasteiger partial charge on any atom is 0.157 e. The number of β-amino-alcohol motifs (C(OH)–C–C–N with tert-alkyl or cyclic N) is 1. The Balaban J connectivity index is 1.54. The molecule has 1 N–H and O–H groups in total. The van der Waals surface area contributed by atoms with Gasteiger partial charge < -0.3 is 14.7 Å². The van der Waals surface area contributed by atoms with E-state index in [1.165, 1.54) is 12.1 Å². The Morgan fingerprint density at radius 3 is 2.88 bits per heavy atom. The molecule has 0 saturated carbocycles. The molecule has 124 valence electrons. The minimum Gasteiger partial charge on any atom is -0.482 e. The smallest absolute Gasteiger partial charge is 0.157 e. The second-order valence-electron chi connectivity index (χ2n) is 5.98. The molecule has 0 bridgehead atoms. The van der Waals surface area contributed by atoms with Crippen molar-refractivity contribution in [1.82, 2.24) is 14.8 Å². The molecule has 0 radical (unpaired) electrons. The molecular weight excluding hydrogens is 311 g/mol. The third-order valence-electron chi connectivity index (χ3n) is 4.17. The van der Waals surface area contributed by atoms with Crippen molar-refractivity contribution in [2.75, 3.05) is 18.0 Å². The van der Waals surface area contributed by atoms with Gasteiger partial charge in [0.1, 0.15) is 23.8 Å². The van der Waals surface area contributed by atoms with Gasteiger partial charge in [-0.25, -0.2) is 9.37 Å². The van der Waals surface area contributed by atoms with E-state index in [2.05, 4.69) is 10.1 Å². The number of aliphatic hydroxyl groups excluding tert-OH is 1. The van der Waals surface area contributed by atoms with Crippen molar-refractivity contribution in [1.29, 1.82) is 0 Å². The van der Waals surface area contributed by atoms with Crippen molar-refractivity contribution in [3.63, 3.8) is 0 Å². The van der Waals surface area contributed by atoms with E-state index in [-0.39, 0.29) is 11.9 Å². The first kappa shape index (κ1) is 14.9. The first-order chi connectivity index (χ1) is 11.6. The van der Waals surface area contributed by atoms with Gasteiger partial charge in [0.05, 0.1) is 24.5 Å². The van der Waals surface area contributed by atoms with Gasteiger partial charge in [0.15, 0.2) is 5.75 Å². The molecule has 2 atom stereocenters. The molecule has 4 rings (SSSR count). The molecule has 3 heterocycles. The number of aromatic nitrogens is 3. The number of aryl methyl sites for hydroxylation is 1. The SMILES string of the molecule is Cn1cc(O[C@@H]2CN(c3ccc4ccc(F)cc4n3)C[C@H]2O)cn1. The number of hydrogen-bond acceptors (Lipinski definition) is 5. The first-order valence-corrected chi connectivity index (χ1v) is 7.73. The lowest BCUT2D eigenvalue weighted by Gasteiger charge is -2.17. The normalized spacial score (nSPS) is 20.7. The monoisotopic (exact) mass is 328 g/mol. The van der Waals surface area contributed by atoms with Crippen LogP contribution in [0.1, 0.15) is 0 Å². The fourth-order valence-electron chi connectivity index (χ4n) is 2.95. The van der Waals surface area contributed by atoms with Gasteiger partial charge in [-0.05, 0) is 24.3 Å². The molecule has 0 aliphatic carbocycles. The van der Waals surface area contributed by atoms with Crippen LogP contribution in [0.3, 0.4) is 0 Å². The highest BCUT2D eigenvalue weighted by molar-refractivity contribution is 5.80. The summed E-state index contributed by atoms with van der Waals surface area (Å²) in [4.78, 5) is 6.44. The van der Waals surface area contributed by atoms with E-state index in [9.17, 15) is 9.50 Å². The van der Waals surface area contributed by atoms with Crippen LogP contribution >= 0.6 is 0 Å². The lowest BCUT2D eigenvalue weighted by Crippen LogP contribution is -2.29.